The second-order valence-electron chi connectivity index (χ2n) is 7.54. The normalized spacial score (nSPS) is 22.2. The molecular weight excluding hydrogens is 276 g/mol. The predicted molar refractivity (Wildman–Crippen MR) is 88.5 cm³/mol. The van der Waals surface area contributed by atoms with Crippen molar-refractivity contribution in [3.05, 3.63) is 35.9 Å². The Bertz CT molecular complexity index is 495. The summed E-state index contributed by atoms with van der Waals surface area (Å²) in [6.07, 6.45) is 2.36. The van der Waals surface area contributed by atoms with Crippen LogP contribution in [-0.2, 0) is 16.0 Å². The van der Waals surface area contributed by atoms with Gasteiger partial charge in [0, 0.05) is 6.04 Å². The number of hydrogen-bond acceptors (Lipinski definition) is 3. The number of primary amides is 1. The summed E-state index contributed by atoms with van der Waals surface area (Å²) in [5, 5.41) is 3.46. The maximum absolute atomic E-state index is 11.8. The van der Waals surface area contributed by atoms with Gasteiger partial charge in [-0.1, -0.05) is 30.3 Å². The van der Waals surface area contributed by atoms with E-state index in [1.54, 1.807) is 0 Å². The topological polar surface area (TPSA) is 64.3 Å². The first-order valence-corrected chi connectivity index (χ1v) is 7.96. The molecular formula is C18H28N2O2. The van der Waals surface area contributed by atoms with Gasteiger partial charge in [0.15, 0.2) is 0 Å². The zero-order valence-corrected chi connectivity index (χ0v) is 14.1. The molecule has 1 aromatic carbocycles. The average molecular weight is 304 g/mol. The molecule has 1 aliphatic heterocycles. The highest BCUT2D eigenvalue weighted by molar-refractivity contribution is 5.80. The molecule has 122 valence electrons. The molecule has 0 aliphatic carbocycles. The third-order valence-electron chi connectivity index (χ3n) is 4.09. The number of nitrogens with one attached hydrogen (secondary N) is 1. The number of benzene rings is 1. The number of rotatable bonds is 5. The molecule has 1 aliphatic rings. The Kier molecular flexibility index (Phi) is 4.93. The first-order chi connectivity index (χ1) is 10.2. The van der Waals surface area contributed by atoms with Crippen molar-refractivity contribution in [1.29, 1.82) is 0 Å². The molecule has 1 heterocycles. The Balaban J connectivity index is 2.06. The van der Waals surface area contributed by atoms with Crippen molar-refractivity contribution in [3.8, 4) is 0 Å². The van der Waals surface area contributed by atoms with Gasteiger partial charge in [0.2, 0.25) is 5.91 Å². The summed E-state index contributed by atoms with van der Waals surface area (Å²) < 4.78 is 6.10. The fourth-order valence-electron chi connectivity index (χ4n) is 3.58. The largest absolute Gasteiger partial charge is 0.370 e. The number of carbonyl (C=O) groups is 1. The lowest BCUT2D eigenvalue weighted by Crippen LogP contribution is -2.56. The van der Waals surface area contributed by atoms with Crippen LogP contribution in [0.15, 0.2) is 30.3 Å². The first-order valence-electron chi connectivity index (χ1n) is 7.96. The Morgan fingerprint density at radius 3 is 2.27 bits per heavy atom. The lowest BCUT2D eigenvalue weighted by Gasteiger charge is -2.46. The minimum Gasteiger partial charge on any atom is -0.370 e. The third kappa shape index (κ3) is 4.82. The van der Waals surface area contributed by atoms with E-state index < -0.39 is 0 Å². The van der Waals surface area contributed by atoms with E-state index in [2.05, 4.69) is 33.0 Å². The molecule has 0 unspecified atom stereocenters. The highest BCUT2D eigenvalue weighted by Crippen LogP contribution is 2.35. The molecule has 4 nitrogen and oxygen atoms in total. The molecule has 1 fully saturated rings. The van der Waals surface area contributed by atoms with Gasteiger partial charge in [0.1, 0.15) is 0 Å². The van der Waals surface area contributed by atoms with E-state index >= 15 is 0 Å². The highest BCUT2D eigenvalue weighted by atomic mass is 16.5. The first kappa shape index (κ1) is 17.0. The zero-order chi connectivity index (χ0) is 16.4. The van der Waals surface area contributed by atoms with Gasteiger partial charge in [-0.3, -0.25) is 4.79 Å². The van der Waals surface area contributed by atoms with Crippen LogP contribution < -0.4 is 11.1 Å². The number of hydrogen-bond donors (Lipinski definition) is 2. The molecule has 0 saturated carbocycles. The standard InChI is InChI=1S/C18H28N2O2/c1-17(2)11-14(12-18(3,4)22-17)20-15(16(19)21)10-13-8-6-5-7-9-13/h5-9,14-15,20H,10-12H2,1-4H3,(H2,19,21)/t15-/m0/s1. The number of ether oxygens (including phenoxy) is 1. The van der Waals surface area contributed by atoms with Gasteiger partial charge in [0.05, 0.1) is 17.2 Å². The van der Waals surface area contributed by atoms with Crippen LogP contribution in [0.25, 0.3) is 0 Å². The van der Waals surface area contributed by atoms with Gasteiger partial charge in [-0.25, -0.2) is 0 Å². The van der Waals surface area contributed by atoms with Crippen molar-refractivity contribution in [2.24, 2.45) is 5.73 Å². The highest BCUT2D eigenvalue weighted by Gasteiger charge is 2.40. The molecule has 1 amide bonds. The molecule has 0 radical (unpaired) electrons. The monoisotopic (exact) mass is 304 g/mol. The van der Waals surface area contributed by atoms with Crippen molar-refractivity contribution in [3.63, 3.8) is 0 Å². The van der Waals surface area contributed by atoms with Crippen LogP contribution in [0.2, 0.25) is 0 Å². The minimum absolute atomic E-state index is 0.200. The molecule has 22 heavy (non-hydrogen) atoms. The Hall–Kier alpha value is -1.39. The average Bonchev–Trinajstić information content (AvgIpc) is 2.35. The summed E-state index contributed by atoms with van der Waals surface area (Å²) in [6.45, 7) is 8.39. The van der Waals surface area contributed by atoms with E-state index in [0.29, 0.717) is 6.42 Å². The molecule has 1 saturated heterocycles. The van der Waals surface area contributed by atoms with Crippen molar-refractivity contribution < 1.29 is 9.53 Å². The second-order valence-corrected chi connectivity index (χ2v) is 7.54. The van der Waals surface area contributed by atoms with Gasteiger partial charge in [0.25, 0.3) is 0 Å². The van der Waals surface area contributed by atoms with Gasteiger partial charge in [-0.15, -0.1) is 0 Å². The minimum atomic E-state index is -0.350. The number of nitrogens with two attached hydrogens (primary N) is 1. The van der Waals surface area contributed by atoms with Crippen LogP contribution >= 0.6 is 0 Å². The lowest BCUT2D eigenvalue weighted by atomic mass is 9.84. The summed E-state index contributed by atoms with van der Waals surface area (Å²) in [5.41, 5.74) is 6.32. The second kappa shape index (κ2) is 6.39. The third-order valence-corrected chi connectivity index (χ3v) is 4.09. The van der Waals surface area contributed by atoms with Crippen LogP contribution in [0.4, 0.5) is 0 Å². The maximum atomic E-state index is 11.8. The molecule has 1 atom stereocenters. The van der Waals surface area contributed by atoms with Crippen LogP contribution in [0.5, 0.6) is 0 Å². The molecule has 0 bridgehead atoms. The maximum Gasteiger partial charge on any atom is 0.234 e. The summed E-state index contributed by atoms with van der Waals surface area (Å²) in [7, 11) is 0. The van der Waals surface area contributed by atoms with Gasteiger partial charge in [-0.2, -0.15) is 0 Å². The van der Waals surface area contributed by atoms with Crippen LogP contribution in [0, 0.1) is 0 Å². The lowest BCUT2D eigenvalue weighted by molar-refractivity contribution is -0.165. The summed E-state index contributed by atoms with van der Waals surface area (Å²) in [6, 6.07) is 9.85. The summed E-state index contributed by atoms with van der Waals surface area (Å²) >= 11 is 0. The molecule has 1 aromatic rings. The fraction of sp³-hybridized carbons (Fsp3) is 0.611. The van der Waals surface area contributed by atoms with Crippen LogP contribution in [0.1, 0.15) is 46.1 Å². The Labute approximate surface area is 133 Å². The molecule has 4 heteroatoms. The van der Waals surface area contributed by atoms with E-state index in [9.17, 15) is 4.79 Å². The summed E-state index contributed by atoms with van der Waals surface area (Å²) in [5.74, 6) is -0.300. The zero-order valence-electron chi connectivity index (χ0n) is 14.1. The van der Waals surface area contributed by atoms with Gasteiger partial charge in [-0.05, 0) is 52.5 Å². The van der Waals surface area contributed by atoms with Crippen molar-refractivity contribution >= 4 is 5.91 Å². The molecule has 3 N–H and O–H groups in total. The number of carbonyl (C=O) groups excluding carboxylic acids is 1. The van der Waals surface area contributed by atoms with Crippen molar-refractivity contribution in [1.82, 2.24) is 5.32 Å². The smallest absolute Gasteiger partial charge is 0.234 e. The fourth-order valence-corrected chi connectivity index (χ4v) is 3.58. The van der Waals surface area contributed by atoms with E-state index in [1.165, 1.54) is 0 Å². The molecule has 2 rings (SSSR count). The Morgan fingerprint density at radius 1 is 1.23 bits per heavy atom. The van der Waals surface area contributed by atoms with E-state index in [0.717, 1.165) is 18.4 Å². The van der Waals surface area contributed by atoms with E-state index in [4.69, 9.17) is 10.5 Å². The summed E-state index contributed by atoms with van der Waals surface area (Å²) in [4.78, 5) is 11.8. The van der Waals surface area contributed by atoms with Crippen LogP contribution in [0.3, 0.4) is 0 Å². The molecule has 0 aromatic heterocycles. The van der Waals surface area contributed by atoms with Gasteiger partial charge >= 0.3 is 0 Å². The van der Waals surface area contributed by atoms with Crippen LogP contribution in [-0.4, -0.2) is 29.2 Å². The van der Waals surface area contributed by atoms with E-state index in [-0.39, 0.29) is 29.2 Å². The molecule has 0 spiro atoms. The SMILES string of the molecule is CC1(C)CC(N[C@@H](Cc2ccccc2)C(N)=O)CC(C)(C)O1. The number of amides is 1. The predicted octanol–water partition coefficient (Wildman–Crippen LogP) is 2.41. The van der Waals surface area contributed by atoms with Crippen molar-refractivity contribution in [2.45, 2.75) is 70.2 Å². The van der Waals surface area contributed by atoms with Crippen molar-refractivity contribution in [2.75, 3.05) is 0 Å². The Morgan fingerprint density at radius 2 is 1.77 bits per heavy atom. The van der Waals surface area contributed by atoms with Gasteiger partial charge < -0.3 is 15.8 Å². The quantitative estimate of drug-likeness (QED) is 0.878. The van der Waals surface area contributed by atoms with E-state index in [1.807, 2.05) is 30.3 Å².